The molecule has 1 aliphatic rings. The molecule has 0 spiro atoms. The van der Waals surface area contributed by atoms with E-state index in [-0.39, 0.29) is 16.6 Å². The van der Waals surface area contributed by atoms with Gasteiger partial charge in [-0.05, 0) is 55.8 Å². The molecular weight excluding hydrogens is 369 g/mol. The number of hydrogen-bond donors (Lipinski definition) is 2. The van der Waals surface area contributed by atoms with Crippen LogP contribution in [0.3, 0.4) is 0 Å². The van der Waals surface area contributed by atoms with E-state index in [1.165, 1.54) is 12.1 Å². The molecule has 5 nitrogen and oxygen atoms in total. The molecule has 0 fully saturated rings. The quantitative estimate of drug-likeness (QED) is 0.639. The summed E-state index contributed by atoms with van der Waals surface area (Å²) >= 11 is 6.13. The fourth-order valence-corrected chi connectivity index (χ4v) is 3.35. The number of pyridine rings is 1. The van der Waals surface area contributed by atoms with E-state index in [0.29, 0.717) is 16.6 Å². The lowest BCUT2D eigenvalue weighted by atomic mass is 9.86. The van der Waals surface area contributed by atoms with Gasteiger partial charge in [-0.1, -0.05) is 11.6 Å². The Morgan fingerprint density at radius 1 is 1.19 bits per heavy atom. The van der Waals surface area contributed by atoms with Gasteiger partial charge in [0, 0.05) is 22.8 Å². The molecule has 0 saturated heterocycles. The Bertz CT molecular complexity index is 1130. The van der Waals surface area contributed by atoms with Crippen molar-refractivity contribution in [2.75, 3.05) is 10.6 Å². The Morgan fingerprint density at radius 3 is 2.74 bits per heavy atom. The number of nitrogens with one attached hydrogen (secondary N) is 2. The van der Waals surface area contributed by atoms with Crippen molar-refractivity contribution in [1.29, 1.82) is 0 Å². The highest BCUT2D eigenvalue weighted by molar-refractivity contribution is 6.33. The molecule has 136 valence electrons. The third kappa shape index (κ3) is 2.92. The number of fused-ring (bicyclic) bond motifs is 2. The normalized spacial score (nSPS) is 14.7. The summed E-state index contributed by atoms with van der Waals surface area (Å²) in [5.41, 5.74) is 1.96. The van der Waals surface area contributed by atoms with Crippen LogP contribution in [0.5, 0.6) is 0 Å². The Morgan fingerprint density at radius 2 is 1.96 bits per heavy atom. The van der Waals surface area contributed by atoms with Crippen molar-refractivity contribution in [1.82, 2.24) is 4.98 Å². The zero-order valence-electron chi connectivity index (χ0n) is 14.6. The first-order chi connectivity index (χ1) is 12.8. The number of rotatable bonds is 2. The Hall–Kier alpha value is -2.99. The zero-order valence-corrected chi connectivity index (χ0v) is 15.3. The molecule has 2 N–H and O–H groups in total. The number of benzene rings is 2. The maximum atomic E-state index is 13.3. The highest BCUT2D eigenvalue weighted by Crippen LogP contribution is 2.38. The lowest BCUT2D eigenvalue weighted by Gasteiger charge is -2.16. The maximum Gasteiger partial charge on any atom is 0.258 e. The fourth-order valence-electron chi connectivity index (χ4n) is 3.12. The van der Waals surface area contributed by atoms with E-state index < -0.39 is 17.1 Å². The lowest BCUT2D eigenvalue weighted by molar-refractivity contribution is -0.119. The molecule has 27 heavy (non-hydrogen) atoms. The molecule has 2 heterocycles. The SMILES string of the molecule is CC1(C)C(=O)Nc2ccc(NC(=O)c3cc4ccc(F)cc4nc3Cl)cc21. The molecule has 0 radical (unpaired) electrons. The topological polar surface area (TPSA) is 71.1 Å². The number of aromatic nitrogens is 1. The second kappa shape index (κ2) is 6.03. The molecular formula is C20H15ClFN3O2. The maximum absolute atomic E-state index is 13.3. The molecule has 0 saturated carbocycles. The van der Waals surface area contributed by atoms with Gasteiger partial charge in [0.1, 0.15) is 11.0 Å². The van der Waals surface area contributed by atoms with Gasteiger partial charge in [0.25, 0.3) is 5.91 Å². The zero-order chi connectivity index (χ0) is 19.3. The molecule has 4 rings (SSSR count). The molecule has 0 unspecified atom stereocenters. The van der Waals surface area contributed by atoms with Gasteiger partial charge in [0.05, 0.1) is 16.5 Å². The van der Waals surface area contributed by atoms with Crippen molar-refractivity contribution in [3.05, 3.63) is 64.6 Å². The second-order valence-electron chi connectivity index (χ2n) is 6.96. The van der Waals surface area contributed by atoms with Gasteiger partial charge in [0.2, 0.25) is 5.91 Å². The third-order valence-electron chi connectivity index (χ3n) is 4.74. The van der Waals surface area contributed by atoms with E-state index in [0.717, 1.165) is 11.3 Å². The molecule has 2 amide bonds. The number of anilines is 2. The van der Waals surface area contributed by atoms with Gasteiger partial charge in [0.15, 0.2) is 0 Å². The minimum absolute atomic E-state index is 0.0102. The van der Waals surface area contributed by atoms with Gasteiger partial charge in [-0.15, -0.1) is 0 Å². The van der Waals surface area contributed by atoms with E-state index >= 15 is 0 Å². The summed E-state index contributed by atoms with van der Waals surface area (Å²) in [6, 6.07) is 10.9. The second-order valence-corrected chi connectivity index (χ2v) is 7.32. The number of carbonyl (C=O) groups excluding carboxylic acids is 2. The average molecular weight is 384 g/mol. The van der Waals surface area contributed by atoms with Gasteiger partial charge < -0.3 is 10.6 Å². The summed E-state index contributed by atoms with van der Waals surface area (Å²) < 4.78 is 13.3. The molecule has 0 atom stereocenters. The Kier molecular flexibility index (Phi) is 3.89. The van der Waals surface area contributed by atoms with E-state index in [1.807, 2.05) is 13.8 Å². The van der Waals surface area contributed by atoms with Crippen LogP contribution in [0.25, 0.3) is 10.9 Å². The average Bonchev–Trinajstić information content (AvgIpc) is 2.83. The summed E-state index contributed by atoms with van der Waals surface area (Å²) in [6.07, 6.45) is 0. The van der Waals surface area contributed by atoms with Crippen LogP contribution in [0.1, 0.15) is 29.8 Å². The number of nitrogens with zero attached hydrogens (tertiary/aromatic N) is 1. The van der Waals surface area contributed by atoms with Crippen LogP contribution in [0.4, 0.5) is 15.8 Å². The molecule has 0 aliphatic carbocycles. The number of amides is 2. The molecule has 2 aromatic carbocycles. The van der Waals surface area contributed by atoms with Crippen molar-refractivity contribution < 1.29 is 14.0 Å². The lowest BCUT2D eigenvalue weighted by Crippen LogP contribution is -2.26. The standard InChI is InChI=1S/C20H15ClFN3O2/c1-20(2)14-9-12(5-6-15(14)25-19(20)27)23-18(26)13-7-10-3-4-11(22)8-16(10)24-17(13)21/h3-9H,1-2H3,(H,23,26)(H,25,27). The van der Waals surface area contributed by atoms with Crippen LogP contribution >= 0.6 is 11.6 Å². The predicted molar refractivity (Wildman–Crippen MR) is 103 cm³/mol. The van der Waals surface area contributed by atoms with Crippen molar-refractivity contribution in [2.24, 2.45) is 0 Å². The summed E-state index contributed by atoms with van der Waals surface area (Å²) in [5, 5.41) is 6.20. The van der Waals surface area contributed by atoms with Crippen LogP contribution in [-0.4, -0.2) is 16.8 Å². The minimum Gasteiger partial charge on any atom is -0.325 e. The fraction of sp³-hybridized carbons (Fsp3) is 0.150. The Labute approximate surface area is 159 Å². The van der Waals surface area contributed by atoms with Crippen LogP contribution in [-0.2, 0) is 10.2 Å². The van der Waals surface area contributed by atoms with E-state index in [9.17, 15) is 14.0 Å². The summed E-state index contributed by atoms with van der Waals surface area (Å²) in [4.78, 5) is 28.8. The molecule has 0 bridgehead atoms. The van der Waals surface area contributed by atoms with E-state index in [4.69, 9.17) is 11.6 Å². The Balaban J connectivity index is 1.67. The summed E-state index contributed by atoms with van der Waals surface area (Å²) in [6.45, 7) is 3.64. The van der Waals surface area contributed by atoms with Crippen molar-refractivity contribution in [3.63, 3.8) is 0 Å². The van der Waals surface area contributed by atoms with Gasteiger partial charge in [-0.3, -0.25) is 9.59 Å². The summed E-state index contributed by atoms with van der Waals surface area (Å²) in [5.74, 6) is -0.948. The number of carbonyl (C=O) groups is 2. The monoisotopic (exact) mass is 383 g/mol. The molecule has 1 aliphatic heterocycles. The molecule has 7 heteroatoms. The van der Waals surface area contributed by atoms with Crippen LogP contribution < -0.4 is 10.6 Å². The highest BCUT2D eigenvalue weighted by atomic mass is 35.5. The van der Waals surface area contributed by atoms with Crippen molar-refractivity contribution >= 4 is 45.7 Å². The van der Waals surface area contributed by atoms with Gasteiger partial charge in [-0.2, -0.15) is 0 Å². The van der Waals surface area contributed by atoms with Crippen LogP contribution in [0.2, 0.25) is 5.15 Å². The van der Waals surface area contributed by atoms with Gasteiger partial charge >= 0.3 is 0 Å². The molecule has 3 aromatic rings. The van der Waals surface area contributed by atoms with Gasteiger partial charge in [-0.25, -0.2) is 9.37 Å². The highest BCUT2D eigenvalue weighted by Gasteiger charge is 2.38. The summed E-state index contributed by atoms with van der Waals surface area (Å²) in [7, 11) is 0. The van der Waals surface area contributed by atoms with Crippen molar-refractivity contribution in [3.8, 4) is 0 Å². The first kappa shape index (κ1) is 17.4. The van der Waals surface area contributed by atoms with Crippen LogP contribution in [0.15, 0.2) is 42.5 Å². The van der Waals surface area contributed by atoms with E-state index in [2.05, 4.69) is 15.6 Å². The third-order valence-corrected chi connectivity index (χ3v) is 5.03. The van der Waals surface area contributed by atoms with Crippen LogP contribution in [0, 0.1) is 5.82 Å². The van der Waals surface area contributed by atoms with Crippen molar-refractivity contribution in [2.45, 2.75) is 19.3 Å². The first-order valence-corrected chi connectivity index (χ1v) is 8.66. The molecule has 1 aromatic heterocycles. The minimum atomic E-state index is -0.678. The number of hydrogen-bond acceptors (Lipinski definition) is 3. The number of halogens is 2. The first-order valence-electron chi connectivity index (χ1n) is 8.29. The smallest absolute Gasteiger partial charge is 0.258 e. The largest absolute Gasteiger partial charge is 0.325 e. The predicted octanol–water partition coefficient (Wildman–Crippen LogP) is 4.51. The van der Waals surface area contributed by atoms with E-state index in [1.54, 1.807) is 30.3 Å².